The van der Waals surface area contributed by atoms with Gasteiger partial charge in [-0.05, 0) is 44.9 Å². The number of aromatic amines is 1. The maximum atomic E-state index is 13.7. The molecule has 2 heterocycles. The van der Waals surface area contributed by atoms with Crippen molar-refractivity contribution in [1.29, 1.82) is 0 Å². The number of nitrogens with zero attached hydrogens (tertiary/aromatic N) is 2. The number of carbonyl (C=O) groups is 1. The molecule has 134 valence electrons. The fourth-order valence-electron chi connectivity index (χ4n) is 3.45. The number of benzene rings is 1. The molecule has 3 rings (SSSR count). The molecule has 1 amide bonds. The zero-order valence-corrected chi connectivity index (χ0v) is 14.5. The van der Waals surface area contributed by atoms with E-state index in [1.807, 2.05) is 0 Å². The van der Waals surface area contributed by atoms with Gasteiger partial charge in [-0.2, -0.15) is 0 Å². The number of hydrogen-bond acceptors (Lipinski definition) is 3. The van der Waals surface area contributed by atoms with Crippen molar-refractivity contribution in [3.63, 3.8) is 0 Å². The first-order chi connectivity index (χ1) is 11.9. The predicted molar refractivity (Wildman–Crippen MR) is 90.1 cm³/mol. The number of likely N-dealkylation sites (tertiary alicyclic amines) is 1. The van der Waals surface area contributed by atoms with Crippen LogP contribution in [0.4, 0.5) is 8.78 Å². The molecular weight excluding hydrogens is 326 g/mol. The normalized spacial score (nSPS) is 21.0. The minimum Gasteiger partial charge on any atom is -0.346 e. The van der Waals surface area contributed by atoms with Crippen LogP contribution in [0.2, 0.25) is 0 Å². The Balaban J connectivity index is 1.86. The molecule has 7 heteroatoms. The van der Waals surface area contributed by atoms with Gasteiger partial charge in [0.25, 0.3) is 5.91 Å². The molecule has 0 bridgehead atoms. The van der Waals surface area contributed by atoms with Crippen LogP contribution in [0.5, 0.6) is 0 Å². The Morgan fingerprint density at radius 1 is 1.36 bits per heavy atom. The quantitative estimate of drug-likeness (QED) is 0.893. The largest absolute Gasteiger partial charge is 0.346 e. The van der Waals surface area contributed by atoms with Crippen LogP contribution in [0.3, 0.4) is 0 Å². The van der Waals surface area contributed by atoms with Gasteiger partial charge in [-0.3, -0.25) is 9.69 Å². The van der Waals surface area contributed by atoms with Gasteiger partial charge in [0.05, 0.1) is 18.3 Å². The van der Waals surface area contributed by atoms with Crippen molar-refractivity contribution >= 4 is 5.91 Å². The van der Waals surface area contributed by atoms with E-state index in [1.54, 1.807) is 13.0 Å². The highest BCUT2D eigenvalue weighted by atomic mass is 19.2. The zero-order valence-electron chi connectivity index (χ0n) is 14.5. The number of amides is 1. The third-order valence-corrected chi connectivity index (χ3v) is 4.65. The van der Waals surface area contributed by atoms with Crippen molar-refractivity contribution in [2.24, 2.45) is 0 Å². The van der Waals surface area contributed by atoms with Gasteiger partial charge < -0.3 is 10.3 Å². The van der Waals surface area contributed by atoms with Gasteiger partial charge in [0.15, 0.2) is 11.6 Å². The molecule has 1 aliphatic rings. The van der Waals surface area contributed by atoms with Gasteiger partial charge in [0.2, 0.25) is 0 Å². The number of H-pyrrole nitrogens is 1. The number of nitrogens with one attached hydrogen (secondary N) is 2. The molecule has 1 saturated heterocycles. The van der Waals surface area contributed by atoms with Crippen LogP contribution in [0.15, 0.2) is 24.4 Å². The number of hydrogen-bond donors (Lipinski definition) is 2. The van der Waals surface area contributed by atoms with Gasteiger partial charge in [-0.1, -0.05) is 6.07 Å². The highest BCUT2D eigenvalue weighted by molar-refractivity contribution is 5.92. The molecule has 0 spiro atoms. The Morgan fingerprint density at radius 3 is 2.72 bits per heavy atom. The summed E-state index contributed by atoms with van der Waals surface area (Å²) in [5.74, 6) is -1.32. The second-order valence-corrected chi connectivity index (χ2v) is 6.70. The van der Waals surface area contributed by atoms with E-state index in [2.05, 4.69) is 34.0 Å². The van der Waals surface area contributed by atoms with Gasteiger partial charge in [0.1, 0.15) is 11.5 Å². The van der Waals surface area contributed by atoms with E-state index < -0.39 is 11.6 Å². The molecule has 0 radical (unpaired) electrons. The summed E-state index contributed by atoms with van der Waals surface area (Å²) in [4.78, 5) is 21.6. The minimum absolute atomic E-state index is 0.191. The Morgan fingerprint density at radius 2 is 2.12 bits per heavy atom. The fraction of sp³-hybridized carbons (Fsp3) is 0.444. The fourth-order valence-corrected chi connectivity index (χ4v) is 3.45. The van der Waals surface area contributed by atoms with Gasteiger partial charge in [-0.25, -0.2) is 13.8 Å². The lowest BCUT2D eigenvalue weighted by molar-refractivity contribution is 0.0915. The number of aryl methyl sites for hydroxylation is 1. The summed E-state index contributed by atoms with van der Waals surface area (Å²) in [7, 11) is 0. The highest BCUT2D eigenvalue weighted by Gasteiger charge is 2.38. The van der Waals surface area contributed by atoms with E-state index in [0.29, 0.717) is 17.1 Å². The summed E-state index contributed by atoms with van der Waals surface area (Å²) in [5, 5.41) is 3.01. The average Bonchev–Trinajstić information content (AvgIpc) is 3.16. The summed E-state index contributed by atoms with van der Waals surface area (Å²) in [5.41, 5.74) is 1.06. The average molecular weight is 348 g/mol. The lowest BCUT2D eigenvalue weighted by Gasteiger charge is -2.32. The third-order valence-electron chi connectivity index (χ3n) is 4.65. The molecule has 1 aromatic heterocycles. The van der Waals surface area contributed by atoms with Crippen molar-refractivity contribution < 1.29 is 13.6 Å². The van der Waals surface area contributed by atoms with E-state index in [9.17, 15) is 13.6 Å². The van der Waals surface area contributed by atoms with E-state index in [1.165, 1.54) is 12.3 Å². The topological polar surface area (TPSA) is 61.0 Å². The molecular formula is C18H22F2N4O. The second-order valence-electron chi connectivity index (χ2n) is 6.70. The summed E-state index contributed by atoms with van der Waals surface area (Å²) < 4.78 is 27.0. The third kappa shape index (κ3) is 3.56. The Bertz CT molecular complexity index is 774. The standard InChI is InChI=1S/C18H22F2N4O/c1-10(2)24-7-6-15(23-18(25)16-9-21-11(3)22-16)17(24)12-4-5-13(19)14(20)8-12/h4-5,8-10,15,17H,6-7H2,1-3H3,(H,21,22)(H,23,25). The van der Waals surface area contributed by atoms with Crippen LogP contribution in [-0.4, -0.2) is 39.4 Å². The molecule has 5 nitrogen and oxygen atoms in total. The Hall–Kier alpha value is -2.28. The number of carbonyl (C=O) groups excluding carboxylic acids is 1. The van der Waals surface area contributed by atoms with Crippen molar-refractivity contribution in [3.05, 3.63) is 53.1 Å². The SMILES string of the molecule is Cc1ncc(C(=O)NC2CCN(C(C)C)C2c2ccc(F)c(F)c2)[nH]1. The van der Waals surface area contributed by atoms with Crippen LogP contribution >= 0.6 is 0 Å². The Kier molecular flexibility index (Phi) is 4.85. The maximum absolute atomic E-state index is 13.7. The van der Waals surface area contributed by atoms with Gasteiger partial charge in [0, 0.05) is 12.6 Å². The molecule has 2 N–H and O–H groups in total. The highest BCUT2D eigenvalue weighted by Crippen LogP contribution is 2.34. The van der Waals surface area contributed by atoms with E-state index in [-0.39, 0.29) is 24.0 Å². The predicted octanol–water partition coefficient (Wildman–Crippen LogP) is 2.95. The monoisotopic (exact) mass is 348 g/mol. The molecule has 1 aromatic carbocycles. The molecule has 0 aliphatic carbocycles. The molecule has 0 saturated carbocycles. The summed E-state index contributed by atoms with van der Waals surface area (Å²) in [6.45, 7) is 6.65. The van der Waals surface area contributed by atoms with E-state index >= 15 is 0 Å². The van der Waals surface area contributed by atoms with Crippen molar-refractivity contribution in [2.75, 3.05) is 6.54 Å². The first-order valence-electron chi connectivity index (χ1n) is 8.40. The van der Waals surface area contributed by atoms with Crippen LogP contribution in [0.1, 0.15) is 48.2 Å². The van der Waals surface area contributed by atoms with Gasteiger partial charge in [-0.15, -0.1) is 0 Å². The van der Waals surface area contributed by atoms with Crippen molar-refractivity contribution in [3.8, 4) is 0 Å². The van der Waals surface area contributed by atoms with Crippen molar-refractivity contribution in [2.45, 2.75) is 45.3 Å². The van der Waals surface area contributed by atoms with Crippen LogP contribution in [0, 0.1) is 18.6 Å². The summed E-state index contributed by atoms with van der Waals surface area (Å²) >= 11 is 0. The first kappa shape index (κ1) is 17.5. The minimum atomic E-state index is -0.873. The molecule has 1 fully saturated rings. The van der Waals surface area contributed by atoms with Crippen LogP contribution in [-0.2, 0) is 0 Å². The molecule has 2 aromatic rings. The van der Waals surface area contributed by atoms with Crippen LogP contribution < -0.4 is 5.32 Å². The van der Waals surface area contributed by atoms with Crippen LogP contribution in [0.25, 0.3) is 0 Å². The summed E-state index contributed by atoms with van der Waals surface area (Å²) in [6, 6.07) is 3.77. The second kappa shape index (κ2) is 6.92. The zero-order chi connectivity index (χ0) is 18.1. The maximum Gasteiger partial charge on any atom is 0.269 e. The number of rotatable bonds is 4. The Labute approximate surface area is 145 Å². The molecule has 2 atom stereocenters. The van der Waals surface area contributed by atoms with E-state index in [0.717, 1.165) is 19.0 Å². The van der Waals surface area contributed by atoms with Crippen molar-refractivity contribution in [1.82, 2.24) is 20.2 Å². The number of halogens is 2. The summed E-state index contributed by atoms with van der Waals surface area (Å²) in [6.07, 6.45) is 2.23. The molecule has 2 unspecified atom stereocenters. The van der Waals surface area contributed by atoms with E-state index in [4.69, 9.17) is 0 Å². The lowest BCUT2D eigenvalue weighted by atomic mass is 9.99. The molecule has 25 heavy (non-hydrogen) atoms. The number of imidazole rings is 1. The first-order valence-corrected chi connectivity index (χ1v) is 8.40. The van der Waals surface area contributed by atoms with Gasteiger partial charge >= 0.3 is 0 Å². The molecule has 1 aliphatic heterocycles. The lowest BCUT2D eigenvalue weighted by Crippen LogP contribution is -2.41. The number of aromatic nitrogens is 2. The smallest absolute Gasteiger partial charge is 0.269 e.